The van der Waals surface area contributed by atoms with Crippen molar-refractivity contribution < 1.29 is 14.3 Å². The molecule has 0 saturated carbocycles. The van der Waals surface area contributed by atoms with Gasteiger partial charge in [-0.25, -0.2) is 0 Å². The zero-order chi connectivity index (χ0) is 20.4. The predicted octanol–water partition coefficient (Wildman–Crippen LogP) is 4.84. The van der Waals surface area contributed by atoms with Crippen LogP contribution in [0.5, 0.6) is 5.75 Å². The number of ketones is 1. The van der Waals surface area contributed by atoms with E-state index >= 15 is 0 Å². The molecule has 0 spiro atoms. The number of hydrogen-bond acceptors (Lipinski definition) is 5. The summed E-state index contributed by atoms with van der Waals surface area (Å²) in [5, 5.41) is 9.68. The van der Waals surface area contributed by atoms with E-state index in [0.717, 1.165) is 22.0 Å². The summed E-state index contributed by atoms with van der Waals surface area (Å²) in [5.41, 5.74) is 8.66. The molecule has 6 heteroatoms. The molecular weight excluding hydrogens is 432 g/mol. The minimum Gasteiger partial charge on any atom is -0.489 e. The molecule has 4 rings (SSSR count). The van der Waals surface area contributed by atoms with Gasteiger partial charge in [0, 0.05) is 22.9 Å². The first-order valence-electron chi connectivity index (χ1n) is 9.38. The highest BCUT2D eigenvalue weighted by atomic mass is 79.9. The summed E-state index contributed by atoms with van der Waals surface area (Å²) >= 11 is 3.42. The number of carbonyl (C=O) groups excluding carboxylic acids is 1. The van der Waals surface area contributed by atoms with E-state index in [1.807, 2.05) is 48.5 Å². The highest BCUT2D eigenvalue weighted by Crippen LogP contribution is 2.43. The second-order valence-electron chi connectivity index (χ2n) is 7.03. The quantitative estimate of drug-likeness (QED) is 0.719. The summed E-state index contributed by atoms with van der Waals surface area (Å²) in [5.74, 6) is 0.819. The molecule has 2 N–H and O–H groups in total. The van der Waals surface area contributed by atoms with Crippen LogP contribution < -0.4 is 10.5 Å². The van der Waals surface area contributed by atoms with E-state index in [4.69, 9.17) is 15.2 Å². The fraction of sp³-hybridized carbons (Fsp3) is 0.217. The second kappa shape index (κ2) is 8.14. The number of nitriles is 1. The maximum Gasteiger partial charge on any atom is 0.205 e. The van der Waals surface area contributed by atoms with Crippen LogP contribution in [0.3, 0.4) is 0 Å². The maximum absolute atomic E-state index is 12.7. The van der Waals surface area contributed by atoms with Crippen LogP contribution in [0.1, 0.15) is 36.3 Å². The normalized spacial score (nSPS) is 18.8. The first-order chi connectivity index (χ1) is 14.1. The highest BCUT2D eigenvalue weighted by Gasteiger charge is 2.38. The molecule has 0 fully saturated rings. The fourth-order valence-electron chi connectivity index (χ4n) is 3.72. The van der Waals surface area contributed by atoms with Crippen LogP contribution in [-0.2, 0) is 16.1 Å². The lowest BCUT2D eigenvalue weighted by atomic mass is 9.77. The van der Waals surface area contributed by atoms with Gasteiger partial charge >= 0.3 is 0 Å². The molecule has 5 nitrogen and oxygen atoms in total. The maximum atomic E-state index is 12.7. The van der Waals surface area contributed by atoms with Gasteiger partial charge < -0.3 is 15.2 Å². The summed E-state index contributed by atoms with van der Waals surface area (Å²) < 4.78 is 12.6. The van der Waals surface area contributed by atoms with Crippen molar-refractivity contribution in [3.8, 4) is 11.8 Å². The number of carbonyl (C=O) groups is 1. The summed E-state index contributed by atoms with van der Waals surface area (Å²) in [4.78, 5) is 12.7. The van der Waals surface area contributed by atoms with Crippen molar-refractivity contribution in [2.45, 2.75) is 31.8 Å². The Morgan fingerprint density at radius 2 is 2.00 bits per heavy atom. The lowest BCUT2D eigenvalue weighted by molar-refractivity contribution is -0.116. The summed E-state index contributed by atoms with van der Waals surface area (Å²) in [7, 11) is 0. The van der Waals surface area contributed by atoms with Gasteiger partial charge in [0.1, 0.15) is 29.8 Å². The number of nitrogens with two attached hydrogens (primary N) is 1. The van der Waals surface area contributed by atoms with Gasteiger partial charge in [-0.1, -0.05) is 40.2 Å². The smallest absolute Gasteiger partial charge is 0.205 e. The molecule has 2 aromatic carbocycles. The number of ether oxygens (including phenoxy) is 2. The Bertz CT molecular complexity index is 1060. The SMILES string of the molecule is N#CC1=C(N)OC2=C(C(=O)CCC2)C1c1cccc(OCc2ccc(Br)cc2)c1. The van der Waals surface area contributed by atoms with Gasteiger partial charge in [-0.3, -0.25) is 4.79 Å². The molecule has 1 heterocycles. The zero-order valence-corrected chi connectivity index (χ0v) is 17.2. The summed E-state index contributed by atoms with van der Waals surface area (Å²) in [6.07, 6.45) is 1.84. The average Bonchev–Trinajstić information content (AvgIpc) is 2.73. The Balaban J connectivity index is 1.65. The molecule has 2 aliphatic rings. The van der Waals surface area contributed by atoms with Crippen LogP contribution in [0.4, 0.5) is 0 Å². The van der Waals surface area contributed by atoms with Crippen molar-refractivity contribution in [1.82, 2.24) is 0 Å². The van der Waals surface area contributed by atoms with E-state index in [1.165, 1.54) is 0 Å². The molecule has 1 unspecified atom stereocenters. The van der Waals surface area contributed by atoms with Crippen LogP contribution in [0, 0.1) is 11.3 Å². The standard InChI is InChI=1S/C23H19BrN2O3/c24-16-9-7-14(8-10-16)13-28-17-4-1-3-15(11-17)21-18(12-25)23(26)29-20-6-2-5-19(27)22(20)21/h1,3-4,7-11,21H,2,5-6,13,26H2. The summed E-state index contributed by atoms with van der Waals surface area (Å²) in [6.45, 7) is 0.417. The van der Waals surface area contributed by atoms with Crippen LogP contribution >= 0.6 is 15.9 Å². The minimum absolute atomic E-state index is 0.0117. The minimum atomic E-state index is -0.521. The van der Waals surface area contributed by atoms with Crippen molar-refractivity contribution in [2.24, 2.45) is 5.73 Å². The number of Topliss-reactive ketones (excluding diaryl/α,β-unsaturated/α-hetero) is 1. The highest BCUT2D eigenvalue weighted by molar-refractivity contribution is 9.10. The molecule has 0 saturated heterocycles. The molecule has 1 aliphatic carbocycles. The lowest BCUT2D eigenvalue weighted by Crippen LogP contribution is -2.27. The van der Waals surface area contributed by atoms with Crippen LogP contribution in [0.2, 0.25) is 0 Å². The molecule has 146 valence electrons. The molecular formula is C23H19BrN2O3. The van der Waals surface area contributed by atoms with Crippen LogP contribution in [0.25, 0.3) is 0 Å². The molecule has 0 amide bonds. The Kier molecular flexibility index (Phi) is 5.41. The van der Waals surface area contributed by atoms with Crippen LogP contribution in [-0.4, -0.2) is 5.78 Å². The van der Waals surface area contributed by atoms with Gasteiger partial charge in [-0.05, 0) is 41.8 Å². The number of nitrogens with zero attached hydrogens (tertiary/aromatic N) is 1. The van der Waals surface area contributed by atoms with Gasteiger partial charge in [0.05, 0.1) is 5.92 Å². The number of benzene rings is 2. The molecule has 0 bridgehead atoms. The van der Waals surface area contributed by atoms with Crippen molar-refractivity contribution in [3.63, 3.8) is 0 Å². The van der Waals surface area contributed by atoms with Gasteiger partial charge in [0.25, 0.3) is 0 Å². The van der Waals surface area contributed by atoms with Gasteiger partial charge in [0.15, 0.2) is 5.78 Å². The number of hydrogen-bond donors (Lipinski definition) is 1. The molecule has 1 aliphatic heterocycles. The van der Waals surface area contributed by atoms with E-state index in [0.29, 0.717) is 36.5 Å². The number of rotatable bonds is 4. The Morgan fingerprint density at radius 1 is 1.21 bits per heavy atom. The van der Waals surface area contributed by atoms with E-state index in [-0.39, 0.29) is 17.2 Å². The average molecular weight is 451 g/mol. The third kappa shape index (κ3) is 3.92. The summed E-state index contributed by atoms with van der Waals surface area (Å²) in [6, 6.07) is 17.5. The Hall–Kier alpha value is -3.04. The largest absolute Gasteiger partial charge is 0.489 e. The van der Waals surface area contributed by atoms with Gasteiger partial charge in [-0.15, -0.1) is 0 Å². The number of halogens is 1. The molecule has 0 radical (unpaired) electrons. The number of allylic oxidation sites excluding steroid dienone is 3. The van der Waals surface area contributed by atoms with E-state index in [9.17, 15) is 10.1 Å². The van der Waals surface area contributed by atoms with Crippen molar-refractivity contribution in [2.75, 3.05) is 0 Å². The Morgan fingerprint density at radius 3 is 2.76 bits per heavy atom. The first kappa shape index (κ1) is 19.3. The lowest BCUT2D eigenvalue weighted by Gasteiger charge is -2.31. The van der Waals surface area contributed by atoms with Crippen molar-refractivity contribution in [1.29, 1.82) is 5.26 Å². The van der Waals surface area contributed by atoms with E-state index < -0.39 is 5.92 Å². The van der Waals surface area contributed by atoms with Gasteiger partial charge in [-0.2, -0.15) is 5.26 Å². The molecule has 29 heavy (non-hydrogen) atoms. The Labute approximate surface area is 177 Å². The van der Waals surface area contributed by atoms with Crippen molar-refractivity contribution in [3.05, 3.63) is 86.9 Å². The zero-order valence-electron chi connectivity index (χ0n) is 15.7. The third-order valence-corrected chi connectivity index (χ3v) is 5.64. The monoisotopic (exact) mass is 450 g/mol. The fourth-order valence-corrected chi connectivity index (χ4v) is 3.99. The molecule has 2 aromatic rings. The van der Waals surface area contributed by atoms with E-state index in [2.05, 4.69) is 22.0 Å². The second-order valence-corrected chi connectivity index (χ2v) is 7.94. The van der Waals surface area contributed by atoms with Gasteiger partial charge in [0.2, 0.25) is 5.88 Å². The van der Waals surface area contributed by atoms with Crippen LogP contribution in [0.15, 0.2) is 75.8 Å². The third-order valence-electron chi connectivity index (χ3n) is 5.12. The topological polar surface area (TPSA) is 85.3 Å². The van der Waals surface area contributed by atoms with E-state index in [1.54, 1.807) is 0 Å². The molecule has 1 atom stereocenters. The molecule has 0 aromatic heterocycles. The van der Waals surface area contributed by atoms with Crippen molar-refractivity contribution >= 4 is 21.7 Å². The predicted molar refractivity (Wildman–Crippen MR) is 111 cm³/mol. The first-order valence-corrected chi connectivity index (χ1v) is 10.2.